The van der Waals surface area contributed by atoms with E-state index in [1.165, 1.54) is 12.1 Å². The molecule has 0 atom stereocenters. The molecule has 0 saturated carbocycles. The molecule has 0 aromatic heterocycles. The van der Waals surface area contributed by atoms with Gasteiger partial charge in [0.05, 0.1) is 0 Å². The van der Waals surface area contributed by atoms with Gasteiger partial charge in [-0.3, -0.25) is 0 Å². The highest BCUT2D eigenvalue weighted by atomic mass is 16.5. The maximum Gasteiger partial charge on any atom is 0.303 e. The lowest BCUT2D eigenvalue weighted by molar-refractivity contribution is 0.189. The van der Waals surface area contributed by atoms with Crippen molar-refractivity contribution in [3.8, 4) is 12.1 Å². The van der Waals surface area contributed by atoms with E-state index >= 15 is 0 Å². The van der Waals surface area contributed by atoms with Crippen molar-refractivity contribution >= 4 is 0 Å². The Bertz CT molecular complexity index is 173. The van der Waals surface area contributed by atoms with Crippen LogP contribution in [0.25, 0.3) is 0 Å². The van der Waals surface area contributed by atoms with E-state index in [1.807, 2.05) is 0 Å². The van der Waals surface area contributed by atoms with E-state index in [0.717, 1.165) is 0 Å². The molecule has 0 aromatic carbocycles. The molecule has 0 radical (unpaired) electrons. The normalized spacial score (nSPS) is 6.25. The molecule has 0 fully saturated rings. The molecule has 0 aliphatic carbocycles. The van der Waals surface area contributed by atoms with Crippen LogP contribution in [0.4, 0.5) is 0 Å². The molecule has 0 aliphatic rings. The van der Waals surface area contributed by atoms with Crippen molar-refractivity contribution < 1.29 is 10.2 Å². The van der Waals surface area contributed by atoms with E-state index in [0.29, 0.717) is 0 Å². The molecular weight excluding hydrogens is 108 g/mol. The van der Waals surface area contributed by atoms with Crippen LogP contribution in [0.5, 0.6) is 0 Å². The Balaban J connectivity index is 4.47. The Labute approximate surface area is 45.5 Å². The molecule has 0 bridgehead atoms. The summed E-state index contributed by atoms with van der Waals surface area (Å²) in [5.74, 6) is -1.23. The summed E-state index contributed by atoms with van der Waals surface area (Å²) in [5.41, 5.74) is -0.676. The summed E-state index contributed by atoms with van der Waals surface area (Å²) in [7, 11) is 0. The number of allylic oxidation sites excluding steroid dienone is 1. The molecule has 0 rings (SSSR count). The third-order valence-corrected chi connectivity index (χ3v) is 0.447. The zero-order valence-corrected chi connectivity index (χ0v) is 3.79. The maximum absolute atomic E-state index is 8.00. The smallest absolute Gasteiger partial charge is 0.303 e. The summed E-state index contributed by atoms with van der Waals surface area (Å²) in [4.78, 5) is 0. The van der Waals surface area contributed by atoms with Gasteiger partial charge in [-0.1, -0.05) is 0 Å². The van der Waals surface area contributed by atoms with Crippen molar-refractivity contribution in [3.63, 3.8) is 0 Å². The molecule has 0 heterocycles. The first-order valence-corrected chi connectivity index (χ1v) is 1.64. The van der Waals surface area contributed by atoms with Gasteiger partial charge in [-0.05, 0) is 0 Å². The van der Waals surface area contributed by atoms with Gasteiger partial charge in [0, 0.05) is 0 Å². The standard InChI is InChI=1S/C4H2N2O2/c5-1-3(2-6)4(7)8/h7-8H. The molecule has 4 heteroatoms. The zero-order valence-electron chi connectivity index (χ0n) is 3.79. The molecule has 4 nitrogen and oxygen atoms in total. The van der Waals surface area contributed by atoms with Gasteiger partial charge >= 0.3 is 5.95 Å². The van der Waals surface area contributed by atoms with Gasteiger partial charge < -0.3 is 10.2 Å². The topological polar surface area (TPSA) is 88.0 Å². The fourth-order valence-electron chi connectivity index (χ4n) is 0.125. The fourth-order valence-corrected chi connectivity index (χ4v) is 0.125. The zero-order chi connectivity index (χ0) is 6.57. The van der Waals surface area contributed by atoms with Crippen molar-refractivity contribution in [2.75, 3.05) is 0 Å². The van der Waals surface area contributed by atoms with Crippen LogP contribution in [-0.2, 0) is 0 Å². The third-order valence-electron chi connectivity index (χ3n) is 0.447. The number of rotatable bonds is 0. The summed E-state index contributed by atoms with van der Waals surface area (Å²) in [5, 5.41) is 31.7. The summed E-state index contributed by atoms with van der Waals surface area (Å²) < 4.78 is 0. The van der Waals surface area contributed by atoms with Crippen LogP contribution in [0.3, 0.4) is 0 Å². The first-order chi connectivity index (χ1) is 3.72. The van der Waals surface area contributed by atoms with E-state index in [1.54, 1.807) is 0 Å². The van der Waals surface area contributed by atoms with Gasteiger partial charge in [-0.15, -0.1) is 0 Å². The van der Waals surface area contributed by atoms with Gasteiger partial charge in [0.2, 0.25) is 5.57 Å². The second-order valence-corrected chi connectivity index (χ2v) is 0.922. The predicted molar refractivity (Wildman–Crippen MR) is 23.5 cm³/mol. The molecule has 8 heavy (non-hydrogen) atoms. The molecular formula is C4H2N2O2. The van der Waals surface area contributed by atoms with Crippen LogP contribution in [0.1, 0.15) is 0 Å². The van der Waals surface area contributed by atoms with E-state index < -0.39 is 11.5 Å². The molecule has 0 unspecified atom stereocenters. The van der Waals surface area contributed by atoms with Crippen LogP contribution in [0.2, 0.25) is 0 Å². The molecule has 0 spiro atoms. The Hall–Kier alpha value is -1.68. The first kappa shape index (κ1) is 6.32. The van der Waals surface area contributed by atoms with Crippen LogP contribution >= 0.6 is 0 Å². The van der Waals surface area contributed by atoms with Gasteiger partial charge in [-0.2, -0.15) is 10.5 Å². The van der Waals surface area contributed by atoms with Gasteiger partial charge in [0.25, 0.3) is 0 Å². The molecule has 0 amide bonds. The van der Waals surface area contributed by atoms with E-state index in [2.05, 4.69) is 0 Å². The summed E-state index contributed by atoms with van der Waals surface area (Å²) in [6, 6.07) is 2.54. The van der Waals surface area contributed by atoms with E-state index in [4.69, 9.17) is 20.7 Å². The SMILES string of the molecule is N#CC(C#N)=C(O)O. The van der Waals surface area contributed by atoms with Crippen molar-refractivity contribution in [2.24, 2.45) is 0 Å². The second-order valence-electron chi connectivity index (χ2n) is 0.922. The number of hydrogen-bond acceptors (Lipinski definition) is 4. The average molecular weight is 110 g/mol. The fraction of sp³-hybridized carbons (Fsp3) is 0. The Morgan fingerprint density at radius 3 is 1.50 bits per heavy atom. The quantitative estimate of drug-likeness (QED) is 0.348. The highest BCUT2D eigenvalue weighted by Crippen LogP contribution is 1.91. The molecule has 0 aliphatic heterocycles. The Morgan fingerprint density at radius 1 is 1.12 bits per heavy atom. The lowest BCUT2D eigenvalue weighted by Crippen LogP contribution is -1.82. The minimum Gasteiger partial charge on any atom is -0.480 e. The Kier molecular flexibility index (Phi) is 1.96. The number of aliphatic hydroxyl groups is 2. The van der Waals surface area contributed by atoms with Crippen LogP contribution in [0.15, 0.2) is 11.5 Å². The van der Waals surface area contributed by atoms with Crippen molar-refractivity contribution in [1.29, 1.82) is 10.5 Å². The van der Waals surface area contributed by atoms with Crippen LogP contribution < -0.4 is 0 Å². The molecule has 2 N–H and O–H groups in total. The monoisotopic (exact) mass is 110 g/mol. The van der Waals surface area contributed by atoms with Crippen LogP contribution in [-0.4, -0.2) is 10.2 Å². The second kappa shape index (κ2) is 2.49. The number of nitriles is 2. The lowest BCUT2D eigenvalue weighted by atomic mass is 10.4. The number of aliphatic hydroxyl groups excluding tert-OH is 1. The molecule has 0 saturated heterocycles. The lowest BCUT2D eigenvalue weighted by Gasteiger charge is -1.80. The van der Waals surface area contributed by atoms with E-state index in [9.17, 15) is 0 Å². The predicted octanol–water partition coefficient (Wildman–Crippen LogP) is 0.361. The highest BCUT2D eigenvalue weighted by Gasteiger charge is 1.97. The minimum atomic E-state index is -1.23. The summed E-state index contributed by atoms with van der Waals surface area (Å²) in [6.45, 7) is 0. The van der Waals surface area contributed by atoms with Crippen molar-refractivity contribution in [3.05, 3.63) is 11.5 Å². The largest absolute Gasteiger partial charge is 0.480 e. The third kappa shape index (κ3) is 1.19. The molecule has 40 valence electrons. The van der Waals surface area contributed by atoms with Crippen molar-refractivity contribution in [2.45, 2.75) is 0 Å². The number of nitrogens with zero attached hydrogens (tertiary/aromatic N) is 2. The minimum absolute atomic E-state index is 0.676. The number of hydrogen-bond donors (Lipinski definition) is 2. The van der Waals surface area contributed by atoms with Gasteiger partial charge in [-0.25, -0.2) is 0 Å². The first-order valence-electron chi connectivity index (χ1n) is 1.64. The van der Waals surface area contributed by atoms with Crippen molar-refractivity contribution in [1.82, 2.24) is 0 Å². The summed E-state index contributed by atoms with van der Waals surface area (Å²) in [6.07, 6.45) is 0. The Morgan fingerprint density at radius 2 is 1.50 bits per heavy atom. The molecule has 0 aromatic rings. The van der Waals surface area contributed by atoms with Crippen LogP contribution in [0, 0.1) is 22.7 Å². The van der Waals surface area contributed by atoms with Gasteiger partial charge in [0.1, 0.15) is 12.1 Å². The summed E-state index contributed by atoms with van der Waals surface area (Å²) >= 11 is 0. The maximum atomic E-state index is 8.00. The average Bonchev–Trinajstić information content (AvgIpc) is 1.69. The van der Waals surface area contributed by atoms with Gasteiger partial charge in [0.15, 0.2) is 0 Å². The highest BCUT2D eigenvalue weighted by molar-refractivity contribution is 5.34. The van der Waals surface area contributed by atoms with E-state index in [-0.39, 0.29) is 0 Å².